The molecule has 108 valence electrons. The Morgan fingerprint density at radius 1 is 1.45 bits per heavy atom. The summed E-state index contributed by atoms with van der Waals surface area (Å²) in [4.78, 5) is 8.94. The van der Waals surface area contributed by atoms with Crippen molar-refractivity contribution in [2.75, 3.05) is 13.1 Å². The van der Waals surface area contributed by atoms with Gasteiger partial charge in [-0.1, -0.05) is 0 Å². The second-order valence-electron chi connectivity index (χ2n) is 4.31. The van der Waals surface area contributed by atoms with Crippen molar-refractivity contribution in [1.82, 2.24) is 25.8 Å². The number of hydrogen-bond acceptors (Lipinski definition) is 4. The van der Waals surface area contributed by atoms with Crippen LogP contribution < -0.4 is 10.6 Å². The number of aryl methyl sites for hydroxylation is 1. The van der Waals surface area contributed by atoms with Gasteiger partial charge in [0.05, 0.1) is 22.9 Å². The zero-order chi connectivity index (χ0) is 14.2. The molecule has 0 aliphatic heterocycles. The van der Waals surface area contributed by atoms with Gasteiger partial charge in [0, 0.05) is 31.1 Å². The molecule has 0 amide bonds. The van der Waals surface area contributed by atoms with Gasteiger partial charge in [0.25, 0.3) is 0 Å². The van der Waals surface area contributed by atoms with Crippen molar-refractivity contribution >= 4 is 17.3 Å². The number of rotatable bonds is 6. The van der Waals surface area contributed by atoms with E-state index < -0.39 is 0 Å². The number of guanidine groups is 1. The summed E-state index contributed by atoms with van der Waals surface area (Å²) < 4.78 is 0. The molecule has 0 bridgehead atoms. The zero-order valence-corrected chi connectivity index (χ0v) is 12.6. The number of nitrogens with one attached hydrogen (secondary N) is 3. The summed E-state index contributed by atoms with van der Waals surface area (Å²) in [6, 6.07) is 1.92. The molecule has 2 heterocycles. The van der Waals surface area contributed by atoms with Crippen molar-refractivity contribution in [1.29, 1.82) is 0 Å². The van der Waals surface area contributed by atoms with Gasteiger partial charge in [-0.3, -0.25) is 5.10 Å². The van der Waals surface area contributed by atoms with Crippen molar-refractivity contribution in [2.45, 2.75) is 26.8 Å². The molecule has 0 fully saturated rings. The lowest BCUT2D eigenvalue weighted by Gasteiger charge is -2.10. The second kappa shape index (κ2) is 7.64. The Morgan fingerprint density at radius 3 is 3.00 bits per heavy atom. The first-order chi connectivity index (χ1) is 9.78. The average Bonchev–Trinajstić information content (AvgIpc) is 3.08. The summed E-state index contributed by atoms with van der Waals surface area (Å²) in [5, 5.41) is 16.6. The van der Waals surface area contributed by atoms with Crippen LogP contribution in [0.2, 0.25) is 0 Å². The lowest BCUT2D eigenvalue weighted by atomic mass is 10.3. The lowest BCUT2D eigenvalue weighted by molar-refractivity contribution is 0.787. The third-order valence-electron chi connectivity index (χ3n) is 2.65. The van der Waals surface area contributed by atoms with Crippen LogP contribution in [0.5, 0.6) is 0 Å². The Kier molecular flexibility index (Phi) is 5.55. The van der Waals surface area contributed by atoms with Gasteiger partial charge in [-0.05, 0) is 19.9 Å². The van der Waals surface area contributed by atoms with Gasteiger partial charge in [-0.2, -0.15) is 5.10 Å². The van der Waals surface area contributed by atoms with E-state index in [9.17, 15) is 0 Å². The van der Waals surface area contributed by atoms with Gasteiger partial charge in [0.15, 0.2) is 5.96 Å². The molecule has 2 rings (SSSR count). The third kappa shape index (κ3) is 4.65. The normalized spacial score (nSPS) is 11.6. The molecule has 6 nitrogen and oxygen atoms in total. The van der Waals surface area contributed by atoms with Crippen LogP contribution in [0.3, 0.4) is 0 Å². The van der Waals surface area contributed by atoms with E-state index in [-0.39, 0.29) is 0 Å². The van der Waals surface area contributed by atoms with Gasteiger partial charge >= 0.3 is 0 Å². The highest BCUT2D eigenvalue weighted by Crippen LogP contribution is 2.07. The predicted molar refractivity (Wildman–Crippen MR) is 82.0 cm³/mol. The van der Waals surface area contributed by atoms with Crippen molar-refractivity contribution in [3.8, 4) is 0 Å². The number of aromatic amines is 1. The van der Waals surface area contributed by atoms with Crippen LogP contribution in [0.25, 0.3) is 0 Å². The van der Waals surface area contributed by atoms with Crippen molar-refractivity contribution < 1.29 is 0 Å². The lowest BCUT2D eigenvalue weighted by Crippen LogP contribution is -2.38. The molecule has 3 N–H and O–H groups in total. The van der Waals surface area contributed by atoms with Gasteiger partial charge < -0.3 is 10.6 Å². The van der Waals surface area contributed by atoms with Crippen molar-refractivity contribution in [3.63, 3.8) is 0 Å². The second-order valence-corrected chi connectivity index (χ2v) is 5.37. The van der Waals surface area contributed by atoms with E-state index in [1.807, 2.05) is 13.0 Å². The molecule has 0 aliphatic rings. The minimum atomic E-state index is 0.588. The SMILES string of the molecule is CCNC(=NCc1ccn[nH]1)NCCc1csc(C)n1. The summed E-state index contributed by atoms with van der Waals surface area (Å²) in [5.41, 5.74) is 2.13. The molecule has 0 unspecified atom stereocenters. The molecule has 0 radical (unpaired) electrons. The third-order valence-corrected chi connectivity index (χ3v) is 3.47. The molecule has 0 aliphatic carbocycles. The number of H-pyrrole nitrogens is 1. The van der Waals surface area contributed by atoms with Crippen LogP contribution >= 0.6 is 11.3 Å². The maximum Gasteiger partial charge on any atom is 0.191 e. The summed E-state index contributed by atoms with van der Waals surface area (Å²) in [7, 11) is 0. The molecule has 0 saturated heterocycles. The van der Waals surface area contributed by atoms with Crippen LogP contribution in [-0.4, -0.2) is 34.2 Å². The molecule has 0 atom stereocenters. The molecular weight excluding hydrogens is 272 g/mol. The first-order valence-corrected chi connectivity index (χ1v) is 7.57. The van der Waals surface area contributed by atoms with Gasteiger partial charge in [0.2, 0.25) is 0 Å². The molecule has 0 saturated carbocycles. The number of nitrogens with zero attached hydrogens (tertiary/aromatic N) is 3. The Balaban J connectivity index is 1.80. The Hall–Kier alpha value is -1.89. The number of aromatic nitrogens is 3. The molecule has 0 aromatic carbocycles. The first-order valence-electron chi connectivity index (χ1n) is 6.69. The van der Waals surface area contributed by atoms with Crippen LogP contribution in [0, 0.1) is 6.92 Å². The fourth-order valence-electron chi connectivity index (χ4n) is 1.71. The quantitative estimate of drug-likeness (QED) is 0.556. The Bertz CT molecular complexity index is 531. The highest BCUT2D eigenvalue weighted by atomic mass is 32.1. The fraction of sp³-hybridized carbons (Fsp3) is 0.462. The minimum Gasteiger partial charge on any atom is -0.357 e. The molecule has 2 aromatic rings. The van der Waals surface area contributed by atoms with Crippen molar-refractivity contribution in [3.05, 3.63) is 34.0 Å². The van der Waals surface area contributed by atoms with Crippen LogP contribution in [0.15, 0.2) is 22.6 Å². The maximum atomic E-state index is 4.50. The smallest absolute Gasteiger partial charge is 0.191 e. The van der Waals surface area contributed by atoms with E-state index >= 15 is 0 Å². The van der Waals surface area contributed by atoms with E-state index in [1.165, 1.54) is 0 Å². The summed E-state index contributed by atoms with van der Waals surface area (Å²) in [6.07, 6.45) is 2.63. The van der Waals surface area contributed by atoms with E-state index in [0.717, 1.165) is 41.9 Å². The molecule has 0 spiro atoms. The molecule has 7 heteroatoms. The molecule has 20 heavy (non-hydrogen) atoms. The summed E-state index contributed by atoms with van der Waals surface area (Å²) in [6.45, 7) is 6.32. The Morgan fingerprint density at radius 2 is 2.35 bits per heavy atom. The first kappa shape index (κ1) is 14.5. The Labute approximate surface area is 122 Å². The van der Waals surface area contributed by atoms with Crippen LogP contribution in [-0.2, 0) is 13.0 Å². The number of aliphatic imine (C=N–C) groups is 1. The molecular formula is C13H20N6S. The standard InChI is InChI=1S/C13H20N6S/c1-3-14-13(16-8-11-5-7-17-19-11)15-6-4-12-9-20-10(2)18-12/h5,7,9H,3-4,6,8H2,1-2H3,(H,17,19)(H2,14,15,16). The highest BCUT2D eigenvalue weighted by molar-refractivity contribution is 7.09. The summed E-state index contributed by atoms with van der Waals surface area (Å²) >= 11 is 1.69. The highest BCUT2D eigenvalue weighted by Gasteiger charge is 2.01. The largest absolute Gasteiger partial charge is 0.357 e. The van der Waals surface area contributed by atoms with Gasteiger partial charge in [-0.15, -0.1) is 11.3 Å². The minimum absolute atomic E-state index is 0.588. The van der Waals surface area contributed by atoms with Crippen molar-refractivity contribution in [2.24, 2.45) is 4.99 Å². The topological polar surface area (TPSA) is 78.0 Å². The zero-order valence-electron chi connectivity index (χ0n) is 11.8. The van der Waals surface area contributed by atoms with E-state index in [0.29, 0.717) is 6.54 Å². The van der Waals surface area contributed by atoms with Crippen LogP contribution in [0.1, 0.15) is 23.3 Å². The maximum absolute atomic E-state index is 4.50. The van der Waals surface area contributed by atoms with E-state index in [1.54, 1.807) is 17.5 Å². The number of hydrogen-bond donors (Lipinski definition) is 3. The van der Waals surface area contributed by atoms with E-state index in [2.05, 4.69) is 43.1 Å². The van der Waals surface area contributed by atoms with Crippen LogP contribution in [0.4, 0.5) is 0 Å². The monoisotopic (exact) mass is 292 g/mol. The number of thiazole rings is 1. The molecule has 2 aromatic heterocycles. The van der Waals surface area contributed by atoms with Gasteiger partial charge in [-0.25, -0.2) is 9.98 Å². The average molecular weight is 292 g/mol. The fourth-order valence-corrected chi connectivity index (χ4v) is 2.36. The van der Waals surface area contributed by atoms with E-state index in [4.69, 9.17) is 0 Å². The van der Waals surface area contributed by atoms with Gasteiger partial charge in [0.1, 0.15) is 0 Å². The predicted octanol–water partition coefficient (Wildman–Crippen LogP) is 1.47. The summed E-state index contributed by atoms with van der Waals surface area (Å²) in [5.74, 6) is 0.814.